The largest absolute Gasteiger partial charge is 0.377 e. The van der Waals surface area contributed by atoms with Gasteiger partial charge in [0.15, 0.2) is 0 Å². The normalized spacial score (nSPS) is 27.2. The molecule has 3 nitrogen and oxygen atoms in total. The zero-order valence-corrected chi connectivity index (χ0v) is 15.5. The summed E-state index contributed by atoms with van der Waals surface area (Å²) in [4.78, 5) is 17.8. The quantitative estimate of drug-likeness (QED) is 0.722. The highest BCUT2D eigenvalue weighted by molar-refractivity contribution is 5.92. The van der Waals surface area contributed by atoms with Crippen LogP contribution in [0.5, 0.6) is 0 Å². The molecule has 2 aromatic rings. The first-order valence-corrected chi connectivity index (χ1v) is 9.79. The number of carbonyl (C=O) groups is 1. The van der Waals surface area contributed by atoms with Crippen LogP contribution in [0.4, 0.5) is 0 Å². The van der Waals surface area contributed by atoms with E-state index in [-0.39, 0.29) is 5.41 Å². The molecular weight excluding hydrogens is 322 g/mol. The minimum atomic E-state index is -0.313. The molecule has 1 unspecified atom stereocenters. The molecule has 0 saturated heterocycles. The highest BCUT2D eigenvalue weighted by atomic mass is 16.5. The molecule has 0 aliphatic heterocycles. The monoisotopic (exact) mass is 349 g/mol. The summed E-state index contributed by atoms with van der Waals surface area (Å²) >= 11 is 0. The van der Waals surface area contributed by atoms with E-state index in [4.69, 9.17) is 4.74 Å². The van der Waals surface area contributed by atoms with Gasteiger partial charge in [0.05, 0.1) is 12.0 Å². The Bertz CT molecular complexity index is 773. The number of aromatic nitrogens is 1. The van der Waals surface area contributed by atoms with Crippen LogP contribution >= 0.6 is 0 Å². The molecule has 0 N–H and O–H groups in total. The smallest absolute Gasteiger partial charge is 0.144 e. The summed E-state index contributed by atoms with van der Waals surface area (Å²) in [6.07, 6.45) is 6.45. The van der Waals surface area contributed by atoms with E-state index in [9.17, 15) is 4.79 Å². The summed E-state index contributed by atoms with van der Waals surface area (Å²) in [5, 5.41) is 0. The molecule has 0 bridgehead atoms. The fourth-order valence-electron chi connectivity index (χ4n) is 5.06. The fraction of sp³-hybridized carbons (Fsp3) is 0.478. The highest BCUT2D eigenvalue weighted by Gasteiger charge is 2.54. The average molecular weight is 349 g/mol. The number of rotatable bonds is 6. The van der Waals surface area contributed by atoms with E-state index in [1.807, 2.05) is 30.5 Å². The molecule has 136 valence electrons. The minimum absolute atomic E-state index is 0.313. The lowest BCUT2D eigenvalue weighted by atomic mass is 9.61. The van der Waals surface area contributed by atoms with Crippen molar-refractivity contribution >= 4 is 5.78 Å². The number of Topliss-reactive ketones (excluding diaryl/α,β-unsaturated/α-hetero) is 1. The van der Waals surface area contributed by atoms with Gasteiger partial charge in [-0.25, -0.2) is 0 Å². The van der Waals surface area contributed by atoms with Gasteiger partial charge in [0.2, 0.25) is 0 Å². The lowest BCUT2D eigenvalue weighted by Gasteiger charge is -2.41. The number of ether oxygens (including phenoxy) is 1. The molecule has 2 aliphatic carbocycles. The molecule has 1 saturated carbocycles. The van der Waals surface area contributed by atoms with Crippen LogP contribution in [0.25, 0.3) is 0 Å². The lowest BCUT2D eigenvalue weighted by Crippen LogP contribution is -2.45. The van der Waals surface area contributed by atoms with Crippen LogP contribution in [0.1, 0.15) is 49.4 Å². The Morgan fingerprint density at radius 2 is 2.00 bits per heavy atom. The van der Waals surface area contributed by atoms with E-state index in [1.165, 1.54) is 11.1 Å². The Labute approximate surface area is 155 Å². The van der Waals surface area contributed by atoms with Crippen LogP contribution in [0.15, 0.2) is 48.7 Å². The highest BCUT2D eigenvalue weighted by Crippen LogP contribution is 2.52. The molecule has 2 aliphatic rings. The fourth-order valence-corrected chi connectivity index (χ4v) is 5.06. The number of ketones is 1. The maximum atomic E-state index is 13.2. The van der Waals surface area contributed by atoms with Gasteiger partial charge in [-0.3, -0.25) is 9.78 Å². The third-order valence-electron chi connectivity index (χ3n) is 6.20. The predicted octanol–water partition coefficient (Wildman–Crippen LogP) is 4.49. The summed E-state index contributed by atoms with van der Waals surface area (Å²) in [6, 6.07) is 14.4. The number of hydrogen-bond acceptors (Lipinski definition) is 3. The number of hydrogen-bond donors (Lipinski definition) is 0. The van der Waals surface area contributed by atoms with Gasteiger partial charge in [-0.05, 0) is 54.7 Å². The average Bonchev–Trinajstić information content (AvgIpc) is 2.97. The molecule has 3 atom stereocenters. The molecule has 0 amide bonds. The second kappa shape index (κ2) is 7.32. The molecule has 3 heteroatoms. The topological polar surface area (TPSA) is 39.2 Å². The third kappa shape index (κ3) is 3.09. The van der Waals surface area contributed by atoms with E-state index in [0.29, 0.717) is 37.3 Å². The minimum Gasteiger partial charge on any atom is -0.377 e. The van der Waals surface area contributed by atoms with E-state index < -0.39 is 0 Å². The second-order valence-corrected chi connectivity index (χ2v) is 7.98. The van der Waals surface area contributed by atoms with Gasteiger partial charge in [0, 0.05) is 24.9 Å². The van der Waals surface area contributed by atoms with Gasteiger partial charge >= 0.3 is 0 Å². The van der Waals surface area contributed by atoms with Crippen LogP contribution in [-0.2, 0) is 28.0 Å². The Morgan fingerprint density at radius 3 is 2.85 bits per heavy atom. The molecule has 26 heavy (non-hydrogen) atoms. The molecule has 1 aromatic carbocycles. The zero-order valence-electron chi connectivity index (χ0n) is 15.5. The van der Waals surface area contributed by atoms with Crippen molar-refractivity contribution < 1.29 is 9.53 Å². The Morgan fingerprint density at radius 1 is 1.15 bits per heavy atom. The molecular formula is C23H27NO2. The van der Waals surface area contributed by atoms with E-state index in [1.54, 1.807) is 0 Å². The Hall–Kier alpha value is -2.00. The summed E-state index contributed by atoms with van der Waals surface area (Å²) in [6.45, 7) is 3.55. The second-order valence-electron chi connectivity index (χ2n) is 7.98. The number of benzene rings is 1. The van der Waals surface area contributed by atoms with Crippen LogP contribution in [0.2, 0.25) is 0 Å². The van der Waals surface area contributed by atoms with Crippen molar-refractivity contribution in [2.45, 2.75) is 51.0 Å². The summed E-state index contributed by atoms with van der Waals surface area (Å²) in [7, 11) is 0. The summed E-state index contributed by atoms with van der Waals surface area (Å²) < 4.78 is 5.87. The number of nitrogens with zero attached hydrogens (tertiary/aromatic N) is 1. The first kappa shape index (κ1) is 17.4. The molecule has 1 fully saturated rings. The standard InChI is InChI=1S/C23H27NO2/c1-17-13-19-15-21-20(9-5-11-24-21)23(19,22(25)14-17)10-6-12-26-16-18-7-3-2-4-8-18/h2-5,7-9,11,17,19H,6,10,12-16H2,1H3/t17-,19?,23+/m1/s1. The van der Waals surface area contributed by atoms with Crippen LogP contribution in [0, 0.1) is 11.8 Å². The van der Waals surface area contributed by atoms with E-state index in [2.05, 4.69) is 30.1 Å². The first-order valence-electron chi connectivity index (χ1n) is 9.79. The molecule has 0 radical (unpaired) electrons. The molecule has 4 rings (SSSR count). The Kier molecular flexibility index (Phi) is 4.90. The van der Waals surface area contributed by atoms with Gasteiger partial charge < -0.3 is 4.74 Å². The number of pyridine rings is 1. The van der Waals surface area contributed by atoms with Crippen molar-refractivity contribution in [1.82, 2.24) is 4.98 Å². The van der Waals surface area contributed by atoms with Crippen molar-refractivity contribution in [3.05, 3.63) is 65.5 Å². The van der Waals surface area contributed by atoms with Gasteiger partial charge in [-0.1, -0.05) is 43.3 Å². The van der Waals surface area contributed by atoms with Gasteiger partial charge in [0.25, 0.3) is 0 Å². The maximum Gasteiger partial charge on any atom is 0.144 e. The maximum absolute atomic E-state index is 13.2. The van der Waals surface area contributed by atoms with Crippen LogP contribution in [-0.4, -0.2) is 17.4 Å². The summed E-state index contributed by atoms with van der Waals surface area (Å²) in [5.41, 5.74) is 3.23. The number of carbonyl (C=O) groups excluding carboxylic acids is 1. The van der Waals surface area contributed by atoms with Crippen molar-refractivity contribution in [2.24, 2.45) is 11.8 Å². The summed E-state index contributed by atoms with van der Waals surface area (Å²) in [5.74, 6) is 1.33. The predicted molar refractivity (Wildman–Crippen MR) is 102 cm³/mol. The van der Waals surface area contributed by atoms with Crippen molar-refractivity contribution in [3.63, 3.8) is 0 Å². The van der Waals surface area contributed by atoms with Crippen molar-refractivity contribution in [1.29, 1.82) is 0 Å². The molecule has 1 heterocycles. The SMILES string of the molecule is C[C@H]1CC(=O)[C@]2(CCCOCc3ccccc3)c3cccnc3CC2C1. The van der Waals surface area contributed by atoms with Crippen molar-refractivity contribution in [3.8, 4) is 0 Å². The van der Waals surface area contributed by atoms with Gasteiger partial charge in [0.1, 0.15) is 5.78 Å². The van der Waals surface area contributed by atoms with Crippen LogP contribution in [0.3, 0.4) is 0 Å². The van der Waals surface area contributed by atoms with Crippen LogP contribution < -0.4 is 0 Å². The van der Waals surface area contributed by atoms with Crippen molar-refractivity contribution in [2.75, 3.05) is 6.61 Å². The van der Waals surface area contributed by atoms with Gasteiger partial charge in [-0.2, -0.15) is 0 Å². The molecule has 1 aromatic heterocycles. The van der Waals surface area contributed by atoms with E-state index in [0.717, 1.165) is 31.4 Å². The third-order valence-corrected chi connectivity index (χ3v) is 6.20. The lowest BCUT2D eigenvalue weighted by molar-refractivity contribution is -0.130. The first-order chi connectivity index (χ1) is 12.7. The number of fused-ring (bicyclic) bond motifs is 3. The molecule has 0 spiro atoms. The van der Waals surface area contributed by atoms with Gasteiger partial charge in [-0.15, -0.1) is 0 Å². The van der Waals surface area contributed by atoms with E-state index >= 15 is 0 Å². The Balaban J connectivity index is 1.44. The zero-order chi connectivity index (χ0) is 18.0.